The number of anilines is 1. The molecule has 1 aliphatic heterocycles. The van der Waals surface area contributed by atoms with E-state index in [1.165, 1.54) is 20.0 Å². The molecule has 5 nitrogen and oxygen atoms in total. The molecular weight excluding hydrogens is 286 g/mol. The Morgan fingerprint density at radius 3 is 3.00 bits per heavy atom. The Hall–Kier alpha value is -1.14. The quantitative estimate of drug-likeness (QED) is 0.781. The molecular formula is C15H23N3O2S. The molecule has 2 aliphatic rings. The van der Waals surface area contributed by atoms with Crippen LogP contribution in [0.25, 0.3) is 0 Å². The van der Waals surface area contributed by atoms with Crippen molar-refractivity contribution in [3.05, 3.63) is 11.1 Å². The van der Waals surface area contributed by atoms with E-state index >= 15 is 0 Å². The molecule has 1 aromatic rings. The normalized spacial score (nSPS) is 23.0. The van der Waals surface area contributed by atoms with E-state index < -0.39 is 0 Å². The lowest BCUT2D eigenvalue weighted by Gasteiger charge is -2.33. The minimum absolute atomic E-state index is 0.102. The number of methoxy groups -OCH3 is 1. The number of ether oxygens (including phenoxy) is 1. The summed E-state index contributed by atoms with van der Waals surface area (Å²) >= 11 is 1.70. The number of aromatic nitrogens is 1. The van der Waals surface area contributed by atoms with E-state index in [-0.39, 0.29) is 12.0 Å². The first kappa shape index (κ1) is 14.8. The van der Waals surface area contributed by atoms with Crippen molar-refractivity contribution < 1.29 is 9.53 Å². The minimum Gasteiger partial charge on any atom is -0.468 e. The summed E-state index contributed by atoms with van der Waals surface area (Å²) in [7, 11) is 3.60. The van der Waals surface area contributed by atoms with Gasteiger partial charge in [0.15, 0.2) is 5.13 Å². The van der Waals surface area contributed by atoms with Crippen LogP contribution in [0.2, 0.25) is 0 Å². The van der Waals surface area contributed by atoms with Gasteiger partial charge in [0.1, 0.15) is 6.04 Å². The van der Waals surface area contributed by atoms with Gasteiger partial charge in [-0.2, -0.15) is 0 Å². The third-order valence-corrected chi connectivity index (χ3v) is 5.37. The lowest BCUT2D eigenvalue weighted by atomic mass is 10.0. The molecule has 2 heterocycles. The summed E-state index contributed by atoms with van der Waals surface area (Å²) in [4.78, 5) is 21.1. The fraction of sp³-hybridized carbons (Fsp3) is 0.733. The van der Waals surface area contributed by atoms with Gasteiger partial charge in [-0.25, -0.2) is 4.98 Å². The minimum atomic E-state index is -0.111. The van der Waals surface area contributed by atoms with Gasteiger partial charge in [0.25, 0.3) is 0 Å². The lowest BCUT2D eigenvalue weighted by molar-refractivity contribution is -0.148. The van der Waals surface area contributed by atoms with Crippen LogP contribution in [-0.2, 0) is 16.1 Å². The van der Waals surface area contributed by atoms with Crippen LogP contribution in [0.3, 0.4) is 0 Å². The highest BCUT2D eigenvalue weighted by molar-refractivity contribution is 7.13. The Balaban J connectivity index is 1.65. The molecule has 1 aliphatic carbocycles. The summed E-state index contributed by atoms with van der Waals surface area (Å²) in [6.07, 6.45) is 5.70. The molecule has 3 rings (SSSR count). The second-order valence-electron chi connectivity index (χ2n) is 5.97. The van der Waals surface area contributed by atoms with Crippen LogP contribution >= 0.6 is 11.3 Å². The number of hydrogen-bond acceptors (Lipinski definition) is 6. The zero-order valence-corrected chi connectivity index (χ0v) is 13.6. The maximum Gasteiger partial charge on any atom is 0.323 e. The van der Waals surface area contributed by atoms with E-state index in [0.29, 0.717) is 6.04 Å². The Morgan fingerprint density at radius 2 is 2.29 bits per heavy atom. The standard InChI is InChI=1S/C15H23N3O2S/c1-17(12-6-7-12)15-16-11(10-21-15)9-18-8-4-3-5-13(18)14(19)20-2/h10,12-13H,3-9H2,1-2H3/t13-/m1/s1. The van der Waals surface area contributed by atoms with Gasteiger partial charge in [0, 0.05) is 25.0 Å². The number of hydrogen-bond donors (Lipinski definition) is 0. The SMILES string of the molecule is COC(=O)[C@H]1CCCCN1Cc1csc(N(C)C2CC2)n1. The molecule has 0 N–H and O–H groups in total. The fourth-order valence-corrected chi connectivity index (χ4v) is 3.79. The largest absolute Gasteiger partial charge is 0.468 e. The van der Waals surface area contributed by atoms with E-state index in [1.807, 2.05) is 0 Å². The summed E-state index contributed by atoms with van der Waals surface area (Å²) in [5.41, 5.74) is 1.07. The number of carbonyl (C=O) groups excluding carboxylic acids is 1. The van der Waals surface area contributed by atoms with Crippen LogP contribution in [0, 0.1) is 0 Å². The first-order chi connectivity index (χ1) is 10.2. The van der Waals surface area contributed by atoms with Gasteiger partial charge < -0.3 is 9.64 Å². The van der Waals surface area contributed by atoms with Crippen molar-refractivity contribution in [2.24, 2.45) is 0 Å². The van der Waals surface area contributed by atoms with E-state index in [2.05, 4.69) is 22.2 Å². The average molecular weight is 309 g/mol. The molecule has 0 radical (unpaired) electrons. The van der Waals surface area contributed by atoms with Crippen molar-refractivity contribution in [1.82, 2.24) is 9.88 Å². The maximum atomic E-state index is 11.9. The molecule has 116 valence electrons. The molecule has 2 fully saturated rings. The third-order valence-electron chi connectivity index (χ3n) is 4.39. The van der Waals surface area contributed by atoms with Gasteiger partial charge in [-0.05, 0) is 32.2 Å². The molecule has 0 spiro atoms. The highest BCUT2D eigenvalue weighted by atomic mass is 32.1. The maximum absolute atomic E-state index is 11.9. The van der Waals surface area contributed by atoms with Gasteiger partial charge in [0.2, 0.25) is 0 Å². The van der Waals surface area contributed by atoms with E-state index in [0.717, 1.165) is 43.2 Å². The molecule has 1 aromatic heterocycles. The van der Waals surface area contributed by atoms with Crippen LogP contribution in [-0.4, -0.2) is 48.6 Å². The number of nitrogens with zero attached hydrogens (tertiary/aromatic N) is 3. The lowest BCUT2D eigenvalue weighted by Crippen LogP contribution is -2.44. The van der Waals surface area contributed by atoms with Gasteiger partial charge in [-0.15, -0.1) is 11.3 Å². The number of rotatable bonds is 5. The second kappa shape index (κ2) is 6.32. The fourth-order valence-electron chi connectivity index (χ4n) is 2.94. The molecule has 1 atom stereocenters. The third kappa shape index (κ3) is 3.37. The Bertz CT molecular complexity index is 501. The van der Waals surface area contributed by atoms with Gasteiger partial charge in [-0.3, -0.25) is 9.69 Å². The van der Waals surface area contributed by atoms with Crippen molar-refractivity contribution in [3.8, 4) is 0 Å². The Morgan fingerprint density at radius 1 is 1.48 bits per heavy atom. The van der Waals surface area contributed by atoms with Crippen molar-refractivity contribution >= 4 is 22.4 Å². The molecule has 0 aromatic carbocycles. The summed E-state index contributed by atoms with van der Waals surface area (Å²) in [6.45, 7) is 1.69. The van der Waals surface area contributed by atoms with Crippen molar-refractivity contribution in [3.63, 3.8) is 0 Å². The molecule has 6 heteroatoms. The highest BCUT2D eigenvalue weighted by Crippen LogP contribution is 2.32. The Kier molecular flexibility index (Phi) is 4.45. The van der Waals surface area contributed by atoms with E-state index in [4.69, 9.17) is 9.72 Å². The molecule has 21 heavy (non-hydrogen) atoms. The first-order valence-electron chi connectivity index (χ1n) is 7.68. The van der Waals surface area contributed by atoms with Crippen molar-refractivity contribution in [2.45, 2.75) is 50.7 Å². The summed E-state index contributed by atoms with van der Waals surface area (Å²) in [6, 6.07) is 0.580. The number of esters is 1. The number of carbonyl (C=O) groups is 1. The summed E-state index contributed by atoms with van der Waals surface area (Å²) in [5.74, 6) is -0.111. The van der Waals surface area contributed by atoms with E-state index in [1.54, 1.807) is 11.3 Å². The van der Waals surface area contributed by atoms with Crippen LogP contribution < -0.4 is 4.90 Å². The Labute approximate surface area is 129 Å². The molecule has 1 saturated heterocycles. The monoisotopic (exact) mass is 309 g/mol. The van der Waals surface area contributed by atoms with Gasteiger partial charge >= 0.3 is 5.97 Å². The molecule has 1 saturated carbocycles. The smallest absolute Gasteiger partial charge is 0.323 e. The van der Waals surface area contributed by atoms with Crippen LogP contribution in [0.1, 0.15) is 37.8 Å². The first-order valence-corrected chi connectivity index (χ1v) is 8.56. The predicted molar refractivity (Wildman–Crippen MR) is 83.6 cm³/mol. The summed E-state index contributed by atoms with van der Waals surface area (Å²) < 4.78 is 4.93. The zero-order chi connectivity index (χ0) is 14.8. The highest BCUT2D eigenvalue weighted by Gasteiger charge is 2.31. The summed E-state index contributed by atoms with van der Waals surface area (Å²) in [5, 5.41) is 3.22. The molecule has 0 bridgehead atoms. The van der Waals surface area contributed by atoms with Crippen LogP contribution in [0.4, 0.5) is 5.13 Å². The van der Waals surface area contributed by atoms with Crippen LogP contribution in [0.15, 0.2) is 5.38 Å². The molecule has 0 unspecified atom stereocenters. The zero-order valence-electron chi connectivity index (χ0n) is 12.7. The van der Waals surface area contributed by atoms with Crippen molar-refractivity contribution in [1.29, 1.82) is 0 Å². The van der Waals surface area contributed by atoms with Crippen LogP contribution in [0.5, 0.6) is 0 Å². The number of thiazole rings is 1. The van der Waals surface area contributed by atoms with Gasteiger partial charge in [-0.1, -0.05) is 6.42 Å². The van der Waals surface area contributed by atoms with E-state index in [9.17, 15) is 4.79 Å². The van der Waals surface area contributed by atoms with Crippen molar-refractivity contribution in [2.75, 3.05) is 25.6 Å². The van der Waals surface area contributed by atoms with Gasteiger partial charge in [0.05, 0.1) is 12.8 Å². The predicted octanol–water partition coefficient (Wildman–Crippen LogP) is 2.27. The average Bonchev–Trinajstić information content (AvgIpc) is 3.26. The topological polar surface area (TPSA) is 45.7 Å². The molecule has 0 amide bonds. The number of likely N-dealkylation sites (tertiary alicyclic amines) is 1. The second-order valence-corrected chi connectivity index (χ2v) is 6.81. The number of piperidine rings is 1.